The highest BCUT2D eigenvalue weighted by Gasteiger charge is 2.20. The molecule has 6 nitrogen and oxygen atoms in total. The van der Waals surface area contributed by atoms with Crippen LogP contribution in [0.3, 0.4) is 0 Å². The van der Waals surface area contributed by atoms with E-state index in [1.165, 1.54) is 42.5 Å². The van der Waals surface area contributed by atoms with Gasteiger partial charge in [0.25, 0.3) is 0 Å². The van der Waals surface area contributed by atoms with E-state index in [-0.39, 0.29) is 9.79 Å². The molecule has 9 heteroatoms. The third kappa shape index (κ3) is 4.35. The topological polar surface area (TPSA) is 106 Å². The van der Waals surface area contributed by atoms with E-state index in [0.717, 1.165) is 6.07 Å². The maximum Gasteiger partial charge on any atom is 0.241 e. The fourth-order valence-electron chi connectivity index (χ4n) is 1.94. The third-order valence-electron chi connectivity index (χ3n) is 3.15. The third-order valence-corrected chi connectivity index (χ3v) is 5.60. The van der Waals surface area contributed by atoms with E-state index >= 15 is 0 Å². The van der Waals surface area contributed by atoms with Gasteiger partial charge in [0, 0.05) is 6.04 Å². The molecule has 0 unspecified atom stereocenters. The van der Waals surface area contributed by atoms with Crippen molar-refractivity contribution in [1.29, 1.82) is 0 Å². The predicted octanol–water partition coefficient (Wildman–Crippen LogP) is 1.51. The Morgan fingerprint density at radius 2 is 1.57 bits per heavy atom. The van der Waals surface area contributed by atoms with E-state index in [1.807, 2.05) is 0 Å². The van der Waals surface area contributed by atoms with Gasteiger partial charge < -0.3 is 0 Å². The van der Waals surface area contributed by atoms with Crippen molar-refractivity contribution in [2.75, 3.05) is 0 Å². The summed E-state index contributed by atoms with van der Waals surface area (Å²) in [5.41, 5.74) is 0.567. The van der Waals surface area contributed by atoms with Crippen LogP contribution < -0.4 is 9.86 Å². The van der Waals surface area contributed by atoms with Gasteiger partial charge in [0.05, 0.1) is 9.79 Å². The minimum atomic E-state index is -4.00. The Labute approximate surface area is 134 Å². The minimum Gasteiger partial charge on any atom is -0.225 e. The van der Waals surface area contributed by atoms with Crippen LogP contribution in [0.15, 0.2) is 58.3 Å². The van der Waals surface area contributed by atoms with Gasteiger partial charge in [-0.25, -0.2) is 31.1 Å². The van der Waals surface area contributed by atoms with Gasteiger partial charge in [0.15, 0.2) is 0 Å². The number of rotatable bonds is 5. The molecule has 0 heterocycles. The molecule has 0 aliphatic rings. The van der Waals surface area contributed by atoms with E-state index in [1.54, 1.807) is 6.92 Å². The summed E-state index contributed by atoms with van der Waals surface area (Å²) in [6.07, 6.45) is 0. The van der Waals surface area contributed by atoms with Crippen LogP contribution in [-0.4, -0.2) is 16.8 Å². The van der Waals surface area contributed by atoms with Crippen LogP contribution in [0, 0.1) is 5.82 Å². The molecule has 1 atom stereocenters. The first kappa shape index (κ1) is 17.5. The first-order valence-corrected chi connectivity index (χ1v) is 9.53. The Morgan fingerprint density at radius 1 is 1.00 bits per heavy atom. The molecule has 0 radical (unpaired) electrons. The molecule has 0 saturated carbocycles. The van der Waals surface area contributed by atoms with Crippen molar-refractivity contribution < 1.29 is 21.2 Å². The van der Waals surface area contributed by atoms with Crippen molar-refractivity contribution in [2.45, 2.75) is 22.8 Å². The average Bonchev–Trinajstić information content (AvgIpc) is 2.46. The summed E-state index contributed by atoms with van der Waals surface area (Å²) in [7, 11) is -7.97. The number of sulfonamides is 2. The van der Waals surface area contributed by atoms with Gasteiger partial charge in [0.2, 0.25) is 20.0 Å². The molecular formula is C14H15FN2O4S2. The summed E-state index contributed by atoms with van der Waals surface area (Å²) < 4.78 is 62.6. The van der Waals surface area contributed by atoms with Crippen LogP contribution in [-0.2, 0) is 20.0 Å². The molecule has 23 heavy (non-hydrogen) atoms. The zero-order valence-electron chi connectivity index (χ0n) is 12.1. The van der Waals surface area contributed by atoms with Crippen LogP contribution in [0.5, 0.6) is 0 Å². The largest absolute Gasteiger partial charge is 0.241 e. The van der Waals surface area contributed by atoms with E-state index in [2.05, 4.69) is 4.72 Å². The minimum absolute atomic E-state index is 0.224. The van der Waals surface area contributed by atoms with Gasteiger partial charge in [0.1, 0.15) is 5.82 Å². The van der Waals surface area contributed by atoms with Crippen molar-refractivity contribution >= 4 is 20.0 Å². The van der Waals surface area contributed by atoms with Crippen LogP contribution in [0.25, 0.3) is 0 Å². The SMILES string of the molecule is C[C@@H](NS(=O)(=O)c1cccc(S(N)(=O)=O)c1)c1ccc(F)cc1. The number of primary sulfonamides is 1. The molecule has 124 valence electrons. The molecule has 0 aliphatic heterocycles. The summed E-state index contributed by atoms with van der Waals surface area (Å²) in [4.78, 5) is -0.521. The Balaban J connectivity index is 2.30. The highest BCUT2D eigenvalue weighted by atomic mass is 32.2. The molecule has 0 aromatic heterocycles. The fourth-order valence-corrected chi connectivity index (χ4v) is 3.85. The lowest BCUT2D eigenvalue weighted by Gasteiger charge is -2.15. The Morgan fingerprint density at radius 3 is 2.13 bits per heavy atom. The van der Waals surface area contributed by atoms with Gasteiger partial charge in [-0.05, 0) is 42.8 Å². The second kappa shape index (κ2) is 6.36. The predicted molar refractivity (Wildman–Crippen MR) is 83.0 cm³/mol. The number of nitrogens with two attached hydrogens (primary N) is 1. The quantitative estimate of drug-likeness (QED) is 0.845. The second-order valence-electron chi connectivity index (χ2n) is 4.91. The lowest BCUT2D eigenvalue weighted by molar-refractivity contribution is 0.566. The zero-order valence-corrected chi connectivity index (χ0v) is 13.7. The second-order valence-corrected chi connectivity index (χ2v) is 8.19. The van der Waals surface area contributed by atoms with Crippen molar-refractivity contribution in [1.82, 2.24) is 4.72 Å². The van der Waals surface area contributed by atoms with Crippen molar-refractivity contribution in [3.05, 3.63) is 59.9 Å². The highest BCUT2D eigenvalue weighted by molar-refractivity contribution is 7.90. The van der Waals surface area contributed by atoms with E-state index in [4.69, 9.17) is 5.14 Å². The number of hydrogen-bond donors (Lipinski definition) is 2. The fraction of sp³-hybridized carbons (Fsp3) is 0.143. The summed E-state index contributed by atoms with van der Waals surface area (Å²) in [6, 6.07) is 9.48. The summed E-state index contributed by atoms with van der Waals surface area (Å²) in [5, 5.41) is 5.00. The first-order valence-electron chi connectivity index (χ1n) is 6.50. The van der Waals surface area contributed by atoms with E-state index < -0.39 is 31.9 Å². The van der Waals surface area contributed by atoms with Crippen LogP contribution in [0.1, 0.15) is 18.5 Å². The maximum absolute atomic E-state index is 12.9. The average molecular weight is 358 g/mol. The maximum atomic E-state index is 12.9. The molecule has 2 rings (SSSR count). The summed E-state index contributed by atoms with van der Waals surface area (Å²) in [5.74, 6) is -0.426. The van der Waals surface area contributed by atoms with E-state index in [0.29, 0.717) is 5.56 Å². The Kier molecular flexibility index (Phi) is 4.85. The van der Waals surface area contributed by atoms with Crippen LogP contribution in [0.2, 0.25) is 0 Å². The number of hydrogen-bond acceptors (Lipinski definition) is 4. The molecule has 0 saturated heterocycles. The number of nitrogens with one attached hydrogen (secondary N) is 1. The molecule has 0 amide bonds. The molecule has 0 fully saturated rings. The standard InChI is InChI=1S/C14H15FN2O4S2/c1-10(11-5-7-12(15)8-6-11)17-23(20,21)14-4-2-3-13(9-14)22(16,18)19/h2-10,17H,1H3,(H2,16,18,19)/t10-/m1/s1. The van der Waals surface area contributed by atoms with Gasteiger partial charge in [-0.15, -0.1) is 0 Å². The highest BCUT2D eigenvalue weighted by Crippen LogP contribution is 2.19. The molecule has 2 aromatic carbocycles. The molecular weight excluding hydrogens is 343 g/mol. The molecule has 0 spiro atoms. The number of halogens is 1. The van der Waals surface area contributed by atoms with Crippen molar-refractivity contribution in [2.24, 2.45) is 5.14 Å². The summed E-state index contributed by atoms with van der Waals surface area (Å²) >= 11 is 0. The Bertz CT molecular complexity index is 910. The van der Waals surface area contributed by atoms with Gasteiger partial charge in [-0.2, -0.15) is 0 Å². The normalized spacial score (nSPS) is 13.7. The molecule has 2 aromatic rings. The van der Waals surface area contributed by atoms with Crippen LogP contribution in [0.4, 0.5) is 4.39 Å². The van der Waals surface area contributed by atoms with E-state index in [9.17, 15) is 21.2 Å². The number of benzene rings is 2. The molecule has 0 bridgehead atoms. The lowest BCUT2D eigenvalue weighted by atomic mass is 10.1. The smallest absolute Gasteiger partial charge is 0.225 e. The van der Waals surface area contributed by atoms with Gasteiger partial charge in [-0.3, -0.25) is 0 Å². The molecule has 0 aliphatic carbocycles. The van der Waals surface area contributed by atoms with Crippen molar-refractivity contribution in [3.63, 3.8) is 0 Å². The van der Waals surface area contributed by atoms with Crippen molar-refractivity contribution in [3.8, 4) is 0 Å². The summed E-state index contributed by atoms with van der Waals surface area (Å²) in [6.45, 7) is 1.59. The van der Waals surface area contributed by atoms with Crippen LogP contribution >= 0.6 is 0 Å². The Hall–Kier alpha value is -1.81. The molecule has 3 N–H and O–H groups in total. The monoisotopic (exact) mass is 358 g/mol. The lowest BCUT2D eigenvalue weighted by Crippen LogP contribution is -2.27. The first-order chi connectivity index (χ1) is 10.6. The van der Waals surface area contributed by atoms with Gasteiger partial charge in [-0.1, -0.05) is 18.2 Å². The van der Waals surface area contributed by atoms with Gasteiger partial charge >= 0.3 is 0 Å². The zero-order chi connectivity index (χ0) is 17.3.